The van der Waals surface area contributed by atoms with E-state index in [1.54, 1.807) is 32.9 Å². The van der Waals surface area contributed by atoms with Crippen LogP contribution in [-0.4, -0.2) is 22.5 Å². The Kier molecular flexibility index (Phi) is 4.40. The number of nitrogens with zero attached hydrogens (tertiary/aromatic N) is 1. The second-order valence-electron chi connectivity index (χ2n) is 6.70. The molecular weight excluding hydrogens is 300 g/mol. The average molecular weight is 320 g/mol. The molecule has 1 fully saturated rings. The molecule has 7 heteroatoms. The van der Waals surface area contributed by atoms with E-state index >= 15 is 0 Å². The molecule has 23 heavy (non-hydrogen) atoms. The molecule has 124 valence electrons. The van der Waals surface area contributed by atoms with E-state index in [0.717, 1.165) is 6.42 Å². The van der Waals surface area contributed by atoms with Gasteiger partial charge in [-0.2, -0.15) is 0 Å². The fourth-order valence-electron chi connectivity index (χ4n) is 2.60. The highest BCUT2D eigenvalue weighted by molar-refractivity contribution is 5.99. The Morgan fingerprint density at radius 1 is 1.22 bits per heavy atom. The molecule has 1 aromatic carbocycles. The van der Waals surface area contributed by atoms with E-state index in [1.807, 2.05) is 0 Å². The van der Waals surface area contributed by atoms with Crippen LogP contribution in [0.4, 0.5) is 10.5 Å². The zero-order valence-corrected chi connectivity index (χ0v) is 13.4. The number of alkyl carbamates (subject to hydrolysis) is 1. The maximum Gasteiger partial charge on any atom is 0.414 e. The Hall–Kier alpha value is -2.44. The molecule has 0 unspecified atom stereocenters. The molecule has 1 aliphatic rings. The summed E-state index contributed by atoms with van der Waals surface area (Å²) in [7, 11) is 0. The van der Waals surface area contributed by atoms with Crippen LogP contribution in [-0.2, 0) is 14.9 Å². The summed E-state index contributed by atoms with van der Waals surface area (Å²) in [5.74, 6) is -0.424. The SMILES string of the molecule is CC(C)(C)OC(=O)NC(=O)C1(c2ccc([N+](=O)[O-])cc2)CCC1. The summed E-state index contributed by atoms with van der Waals surface area (Å²) < 4.78 is 5.10. The number of benzene rings is 1. The van der Waals surface area contributed by atoms with Crippen molar-refractivity contribution in [1.82, 2.24) is 5.32 Å². The molecule has 0 heterocycles. The lowest BCUT2D eigenvalue weighted by Gasteiger charge is -2.40. The minimum absolute atomic E-state index is 0.0317. The van der Waals surface area contributed by atoms with Crippen molar-refractivity contribution in [1.29, 1.82) is 0 Å². The lowest BCUT2D eigenvalue weighted by molar-refractivity contribution is -0.384. The predicted molar refractivity (Wildman–Crippen MR) is 83.0 cm³/mol. The Labute approximate surface area is 134 Å². The maximum atomic E-state index is 12.5. The molecule has 2 rings (SSSR count). The first-order chi connectivity index (χ1) is 10.6. The molecule has 1 aliphatic carbocycles. The van der Waals surface area contributed by atoms with Crippen LogP contribution in [0.2, 0.25) is 0 Å². The van der Waals surface area contributed by atoms with Crippen LogP contribution >= 0.6 is 0 Å². The quantitative estimate of drug-likeness (QED) is 0.681. The molecule has 0 aliphatic heterocycles. The molecule has 0 aromatic heterocycles. The summed E-state index contributed by atoms with van der Waals surface area (Å²) >= 11 is 0. The number of nitro benzene ring substituents is 1. The van der Waals surface area contributed by atoms with Crippen molar-refractivity contribution in [3.05, 3.63) is 39.9 Å². The zero-order chi connectivity index (χ0) is 17.3. The predicted octanol–water partition coefficient (Wildman–Crippen LogP) is 3.07. The van der Waals surface area contributed by atoms with Gasteiger partial charge < -0.3 is 4.74 Å². The Balaban J connectivity index is 2.15. The number of nitrogens with one attached hydrogen (secondary N) is 1. The summed E-state index contributed by atoms with van der Waals surface area (Å²) in [6, 6.07) is 5.89. The molecule has 0 saturated heterocycles. The summed E-state index contributed by atoms with van der Waals surface area (Å²) in [4.78, 5) is 34.5. The number of ether oxygens (including phenoxy) is 1. The molecule has 1 aromatic rings. The van der Waals surface area contributed by atoms with Gasteiger partial charge in [-0.25, -0.2) is 4.79 Å². The highest BCUT2D eigenvalue weighted by Crippen LogP contribution is 2.44. The first-order valence-electron chi connectivity index (χ1n) is 7.43. The number of rotatable bonds is 3. The average Bonchev–Trinajstić information content (AvgIpc) is 2.35. The summed E-state index contributed by atoms with van der Waals surface area (Å²) in [5.41, 5.74) is -0.859. The van der Waals surface area contributed by atoms with Crippen molar-refractivity contribution in [3.63, 3.8) is 0 Å². The van der Waals surface area contributed by atoms with Crippen molar-refractivity contribution in [3.8, 4) is 0 Å². The van der Waals surface area contributed by atoms with Gasteiger partial charge in [-0.1, -0.05) is 18.6 Å². The minimum Gasteiger partial charge on any atom is -0.444 e. The van der Waals surface area contributed by atoms with E-state index in [0.29, 0.717) is 18.4 Å². The standard InChI is InChI=1S/C16H20N2O5/c1-15(2,3)23-14(20)17-13(19)16(9-4-10-16)11-5-7-12(8-6-11)18(21)22/h5-8H,4,9-10H2,1-3H3,(H,17,19,20). The molecule has 1 N–H and O–H groups in total. The number of hydrogen-bond donors (Lipinski definition) is 1. The number of non-ortho nitro benzene ring substituents is 1. The molecule has 0 radical (unpaired) electrons. The Bertz CT molecular complexity index is 627. The fourth-order valence-corrected chi connectivity index (χ4v) is 2.60. The first kappa shape index (κ1) is 16.9. The Morgan fingerprint density at radius 2 is 1.78 bits per heavy atom. The van der Waals surface area contributed by atoms with Crippen LogP contribution < -0.4 is 5.32 Å². The summed E-state index contributed by atoms with van der Waals surface area (Å²) in [5, 5.41) is 13.0. The molecular formula is C16H20N2O5. The van der Waals surface area contributed by atoms with Crippen LogP contribution in [0.15, 0.2) is 24.3 Å². The lowest BCUT2D eigenvalue weighted by atomic mass is 9.64. The third-order valence-electron chi connectivity index (χ3n) is 3.89. The fraction of sp³-hybridized carbons (Fsp3) is 0.500. The number of imide groups is 1. The van der Waals surface area contributed by atoms with E-state index in [-0.39, 0.29) is 5.69 Å². The van der Waals surface area contributed by atoms with Gasteiger partial charge in [0.25, 0.3) is 5.69 Å². The molecule has 1 saturated carbocycles. The van der Waals surface area contributed by atoms with E-state index in [1.165, 1.54) is 12.1 Å². The van der Waals surface area contributed by atoms with Crippen molar-refractivity contribution in [2.45, 2.75) is 51.0 Å². The topological polar surface area (TPSA) is 98.5 Å². The molecule has 0 bridgehead atoms. The summed E-state index contributed by atoms with van der Waals surface area (Å²) in [6.45, 7) is 5.14. The molecule has 0 atom stereocenters. The van der Waals surface area contributed by atoms with Gasteiger partial charge in [0.05, 0.1) is 10.3 Å². The van der Waals surface area contributed by atoms with Gasteiger partial charge in [-0.3, -0.25) is 20.2 Å². The third-order valence-corrected chi connectivity index (χ3v) is 3.89. The number of carbonyl (C=O) groups excluding carboxylic acids is 2. The molecule has 2 amide bonds. The van der Waals surface area contributed by atoms with Gasteiger partial charge in [-0.05, 0) is 39.2 Å². The van der Waals surface area contributed by atoms with Crippen LogP contribution in [0.3, 0.4) is 0 Å². The van der Waals surface area contributed by atoms with Crippen molar-refractivity contribution >= 4 is 17.7 Å². The zero-order valence-electron chi connectivity index (χ0n) is 13.4. The minimum atomic E-state index is -0.813. The van der Waals surface area contributed by atoms with Gasteiger partial charge in [0.2, 0.25) is 5.91 Å². The van der Waals surface area contributed by atoms with Crippen molar-refractivity contribution in [2.75, 3.05) is 0 Å². The number of nitro groups is 1. The van der Waals surface area contributed by atoms with E-state index in [2.05, 4.69) is 5.32 Å². The van der Waals surface area contributed by atoms with E-state index in [9.17, 15) is 19.7 Å². The highest BCUT2D eigenvalue weighted by atomic mass is 16.6. The van der Waals surface area contributed by atoms with Gasteiger partial charge >= 0.3 is 6.09 Å². The second-order valence-corrected chi connectivity index (χ2v) is 6.70. The van der Waals surface area contributed by atoms with Crippen LogP contribution in [0.25, 0.3) is 0 Å². The normalized spacial score (nSPS) is 16.1. The number of amides is 2. The largest absolute Gasteiger partial charge is 0.444 e. The van der Waals surface area contributed by atoms with Crippen molar-refractivity contribution in [2.24, 2.45) is 0 Å². The van der Waals surface area contributed by atoms with E-state index in [4.69, 9.17) is 4.74 Å². The number of hydrogen-bond acceptors (Lipinski definition) is 5. The number of carbonyl (C=O) groups is 2. The van der Waals surface area contributed by atoms with Crippen molar-refractivity contribution < 1.29 is 19.2 Å². The van der Waals surface area contributed by atoms with Crippen LogP contribution in [0.1, 0.15) is 45.6 Å². The lowest BCUT2D eigenvalue weighted by Crippen LogP contribution is -2.51. The maximum absolute atomic E-state index is 12.5. The molecule has 0 spiro atoms. The van der Waals surface area contributed by atoms with Gasteiger partial charge in [-0.15, -0.1) is 0 Å². The molecule has 7 nitrogen and oxygen atoms in total. The van der Waals surface area contributed by atoms with Gasteiger partial charge in [0.1, 0.15) is 5.60 Å². The Morgan fingerprint density at radius 3 is 2.17 bits per heavy atom. The monoisotopic (exact) mass is 320 g/mol. The van der Waals surface area contributed by atoms with E-state index < -0.39 is 27.9 Å². The highest BCUT2D eigenvalue weighted by Gasteiger charge is 2.46. The van der Waals surface area contributed by atoms with Crippen LogP contribution in [0.5, 0.6) is 0 Å². The summed E-state index contributed by atoms with van der Waals surface area (Å²) in [6.07, 6.45) is 1.27. The third kappa shape index (κ3) is 3.67. The smallest absolute Gasteiger partial charge is 0.414 e. The van der Waals surface area contributed by atoms with Gasteiger partial charge in [0, 0.05) is 12.1 Å². The van der Waals surface area contributed by atoms with Gasteiger partial charge in [0.15, 0.2) is 0 Å². The van der Waals surface area contributed by atoms with Crippen LogP contribution in [0, 0.1) is 10.1 Å². The second kappa shape index (κ2) is 5.98. The first-order valence-corrected chi connectivity index (χ1v) is 7.43.